The third-order valence-electron chi connectivity index (χ3n) is 2.57. The number of thiophene rings is 2. The molecule has 3 nitrogen and oxygen atoms in total. The van der Waals surface area contributed by atoms with Crippen LogP contribution in [0.2, 0.25) is 0 Å². The van der Waals surface area contributed by atoms with Gasteiger partial charge in [-0.15, -0.1) is 22.7 Å². The highest BCUT2D eigenvalue weighted by Gasteiger charge is 2.18. The topological polar surface area (TPSA) is 55.1 Å². The molecule has 5 heteroatoms. The van der Waals surface area contributed by atoms with Crippen molar-refractivity contribution >= 4 is 28.6 Å². The van der Waals surface area contributed by atoms with Crippen molar-refractivity contribution in [3.05, 3.63) is 44.8 Å². The summed E-state index contributed by atoms with van der Waals surface area (Å²) in [4.78, 5) is 14.2. The molecule has 2 aromatic heterocycles. The van der Waals surface area contributed by atoms with Crippen LogP contribution in [-0.4, -0.2) is 12.5 Å². The summed E-state index contributed by atoms with van der Waals surface area (Å²) in [7, 11) is 0. The molecule has 0 spiro atoms. The van der Waals surface area contributed by atoms with Crippen molar-refractivity contribution < 1.29 is 4.79 Å². The highest BCUT2D eigenvalue weighted by Crippen LogP contribution is 2.29. The van der Waals surface area contributed by atoms with Crippen LogP contribution in [0.1, 0.15) is 28.6 Å². The van der Waals surface area contributed by atoms with Crippen LogP contribution < -0.4 is 11.1 Å². The number of rotatable bonds is 6. The van der Waals surface area contributed by atoms with Gasteiger partial charge in [-0.3, -0.25) is 4.79 Å². The van der Waals surface area contributed by atoms with Crippen LogP contribution in [0.25, 0.3) is 0 Å². The van der Waals surface area contributed by atoms with Gasteiger partial charge in [-0.05, 0) is 35.9 Å². The molecule has 0 atom stereocenters. The largest absolute Gasteiger partial charge is 0.344 e. The Hall–Kier alpha value is -1.17. The lowest BCUT2D eigenvalue weighted by molar-refractivity contribution is -0.121. The van der Waals surface area contributed by atoms with E-state index in [0.717, 1.165) is 6.42 Å². The van der Waals surface area contributed by atoms with E-state index in [-0.39, 0.29) is 11.9 Å². The zero-order valence-corrected chi connectivity index (χ0v) is 11.6. The van der Waals surface area contributed by atoms with Gasteiger partial charge in [0.15, 0.2) is 0 Å². The number of carbonyl (C=O) groups excluding carboxylic acids is 1. The fourth-order valence-electron chi connectivity index (χ4n) is 1.69. The predicted octanol–water partition coefficient (Wildman–Crippen LogP) is 2.75. The summed E-state index contributed by atoms with van der Waals surface area (Å²) in [6.07, 6.45) is 1.22. The highest BCUT2D eigenvalue weighted by atomic mass is 32.1. The number of hydrogen-bond donors (Lipinski definition) is 2. The molecule has 96 valence electrons. The van der Waals surface area contributed by atoms with Crippen LogP contribution in [0.3, 0.4) is 0 Å². The van der Waals surface area contributed by atoms with Crippen LogP contribution in [0.4, 0.5) is 0 Å². The van der Waals surface area contributed by atoms with E-state index in [0.29, 0.717) is 13.0 Å². The fourth-order valence-corrected chi connectivity index (χ4v) is 3.35. The molecule has 18 heavy (non-hydrogen) atoms. The summed E-state index contributed by atoms with van der Waals surface area (Å²) in [6, 6.07) is 8.10. The maximum Gasteiger partial charge on any atom is 0.220 e. The number of nitrogens with two attached hydrogens (primary N) is 1. The molecular formula is C13H16N2OS2. The lowest BCUT2D eigenvalue weighted by Gasteiger charge is -2.16. The molecule has 2 heterocycles. The van der Waals surface area contributed by atoms with Gasteiger partial charge in [-0.1, -0.05) is 12.1 Å². The molecule has 2 aromatic rings. The van der Waals surface area contributed by atoms with Gasteiger partial charge in [0, 0.05) is 16.2 Å². The zero-order valence-electron chi connectivity index (χ0n) is 9.96. The molecular weight excluding hydrogens is 264 g/mol. The van der Waals surface area contributed by atoms with Crippen LogP contribution >= 0.6 is 22.7 Å². The summed E-state index contributed by atoms with van der Waals surface area (Å²) in [5.41, 5.74) is 5.42. The van der Waals surface area contributed by atoms with E-state index in [9.17, 15) is 4.79 Å². The van der Waals surface area contributed by atoms with Crippen molar-refractivity contribution in [1.29, 1.82) is 0 Å². The summed E-state index contributed by atoms with van der Waals surface area (Å²) >= 11 is 3.32. The monoisotopic (exact) mass is 280 g/mol. The zero-order chi connectivity index (χ0) is 12.8. The molecule has 0 saturated heterocycles. The maximum atomic E-state index is 11.8. The molecule has 1 amide bonds. The molecule has 0 saturated carbocycles. The first-order chi connectivity index (χ1) is 8.81. The molecule has 0 aliphatic rings. The third-order valence-corrected chi connectivity index (χ3v) is 4.44. The van der Waals surface area contributed by atoms with Gasteiger partial charge in [-0.25, -0.2) is 0 Å². The molecule has 3 N–H and O–H groups in total. The Morgan fingerprint density at radius 3 is 2.28 bits per heavy atom. The van der Waals surface area contributed by atoms with Crippen molar-refractivity contribution in [2.24, 2.45) is 5.73 Å². The van der Waals surface area contributed by atoms with E-state index in [4.69, 9.17) is 5.73 Å². The Morgan fingerprint density at radius 2 is 1.83 bits per heavy atom. The molecule has 0 aliphatic heterocycles. The first-order valence-electron chi connectivity index (χ1n) is 5.87. The van der Waals surface area contributed by atoms with Gasteiger partial charge in [-0.2, -0.15) is 0 Å². The smallest absolute Gasteiger partial charge is 0.220 e. The van der Waals surface area contributed by atoms with Gasteiger partial charge in [0.2, 0.25) is 5.91 Å². The quantitative estimate of drug-likeness (QED) is 0.855. The van der Waals surface area contributed by atoms with Gasteiger partial charge in [0.1, 0.15) is 0 Å². The first kappa shape index (κ1) is 13.3. The van der Waals surface area contributed by atoms with Crippen LogP contribution in [0.15, 0.2) is 35.0 Å². The van der Waals surface area contributed by atoms with Gasteiger partial charge in [0.25, 0.3) is 0 Å². The Balaban J connectivity index is 2.09. The van der Waals surface area contributed by atoms with Gasteiger partial charge >= 0.3 is 0 Å². The Labute approximate surface area is 115 Å². The van der Waals surface area contributed by atoms with Crippen molar-refractivity contribution in [2.75, 3.05) is 6.54 Å². The number of carbonyl (C=O) groups is 1. The number of hydrogen-bond acceptors (Lipinski definition) is 4. The molecule has 0 aliphatic carbocycles. The van der Waals surface area contributed by atoms with E-state index in [1.807, 2.05) is 22.9 Å². The van der Waals surface area contributed by atoms with E-state index in [1.165, 1.54) is 9.75 Å². The van der Waals surface area contributed by atoms with Gasteiger partial charge in [0.05, 0.1) is 6.04 Å². The average molecular weight is 280 g/mol. The van der Waals surface area contributed by atoms with Crippen LogP contribution in [0, 0.1) is 0 Å². The minimum atomic E-state index is -0.0183. The second-order valence-corrected chi connectivity index (χ2v) is 5.88. The minimum Gasteiger partial charge on any atom is -0.344 e. The normalized spacial score (nSPS) is 10.8. The second kappa shape index (κ2) is 6.68. The predicted molar refractivity (Wildman–Crippen MR) is 76.9 cm³/mol. The molecule has 0 fully saturated rings. The van der Waals surface area contributed by atoms with Crippen LogP contribution in [-0.2, 0) is 4.79 Å². The van der Waals surface area contributed by atoms with E-state index in [2.05, 4.69) is 17.4 Å². The highest BCUT2D eigenvalue weighted by molar-refractivity contribution is 7.11. The van der Waals surface area contributed by atoms with Crippen molar-refractivity contribution in [3.63, 3.8) is 0 Å². The van der Waals surface area contributed by atoms with Crippen molar-refractivity contribution in [3.8, 4) is 0 Å². The average Bonchev–Trinajstić information content (AvgIpc) is 3.05. The van der Waals surface area contributed by atoms with Crippen LogP contribution in [0.5, 0.6) is 0 Å². The third kappa shape index (κ3) is 3.41. The molecule has 0 unspecified atom stereocenters. The fraction of sp³-hybridized carbons (Fsp3) is 0.308. The summed E-state index contributed by atoms with van der Waals surface area (Å²) in [6.45, 7) is 0.552. The Bertz CT molecular complexity index is 431. The summed E-state index contributed by atoms with van der Waals surface area (Å²) < 4.78 is 0. The number of nitrogens with one attached hydrogen (secondary N) is 1. The molecule has 2 rings (SSSR count). The first-order valence-corrected chi connectivity index (χ1v) is 7.63. The molecule has 0 bridgehead atoms. The molecule has 0 aromatic carbocycles. The maximum absolute atomic E-state index is 11.8. The second-order valence-electron chi connectivity index (χ2n) is 3.92. The number of amides is 1. The lowest BCUT2D eigenvalue weighted by atomic mass is 10.2. The van der Waals surface area contributed by atoms with E-state index >= 15 is 0 Å². The van der Waals surface area contributed by atoms with Gasteiger partial charge < -0.3 is 11.1 Å². The standard InChI is InChI=1S/C13H16N2OS2/c14-7-1-6-12(16)15-13(10-4-2-8-17-10)11-5-3-9-18-11/h2-5,8-9,13H,1,6-7,14H2,(H,15,16). The lowest BCUT2D eigenvalue weighted by Crippen LogP contribution is -2.28. The van der Waals surface area contributed by atoms with E-state index < -0.39 is 0 Å². The SMILES string of the molecule is NCCCC(=O)NC(c1cccs1)c1cccs1. The summed E-state index contributed by atoms with van der Waals surface area (Å²) in [5.74, 6) is 0.0623. The minimum absolute atomic E-state index is 0.0183. The van der Waals surface area contributed by atoms with E-state index in [1.54, 1.807) is 22.7 Å². The molecule has 0 radical (unpaired) electrons. The van der Waals surface area contributed by atoms with Crippen molar-refractivity contribution in [1.82, 2.24) is 5.32 Å². The summed E-state index contributed by atoms with van der Waals surface area (Å²) in [5, 5.41) is 7.14. The Morgan fingerprint density at radius 1 is 1.22 bits per heavy atom. The van der Waals surface area contributed by atoms with Crippen molar-refractivity contribution in [2.45, 2.75) is 18.9 Å². The Kier molecular flexibility index (Phi) is 4.92.